The third kappa shape index (κ3) is 1.78. The molecule has 0 heterocycles. The minimum atomic E-state index is -3.20. The van der Waals surface area contributed by atoms with E-state index in [1.165, 1.54) is 13.2 Å². The summed E-state index contributed by atoms with van der Waals surface area (Å²) < 4.78 is 23.3. The fourth-order valence-corrected chi connectivity index (χ4v) is 3.27. The molecule has 4 heteroatoms. The summed E-state index contributed by atoms with van der Waals surface area (Å²) in [6.07, 6.45) is 6.95. The Morgan fingerprint density at radius 2 is 2.06 bits per heavy atom. The minimum Gasteiger partial charge on any atom is -0.295 e. The van der Waals surface area contributed by atoms with Crippen LogP contribution in [0.15, 0.2) is 33.8 Å². The van der Waals surface area contributed by atoms with Crippen LogP contribution in [-0.4, -0.2) is 20.5 Å². The Morgan fingerprint density at radius 3 is 2.62 bits per heavy atom. The number of carbonyl (C=O) groups is 1. The lowest BCUT2D eigenvalue weighted by atomic mass is 9.94. The highest BCUT2D eigenvalue weighted by Gasteiger charge is 2.30. The van der Waals surface area contributed by atoms with Gasteiger partial charge in [-0.3, -0.25) is 4.79 Å². The number of rotatable bonds is 2. The van der Waals surface area contributed by atoms with Crippen molar-refractivity contribution in [1.82, 2.24) is 0 Å². The number of carbonyl (C=O) groups excluding carboxylic acids is 1. The van der Waals surface area contributed by atoms with Crippen molar-refractivity contribution >= 4 is 15.6 Å². The van der Waals surface area contributed by atoms with Crippen molar-refractivity contribution < 1.29 is 13.2 Å². The summed E-state index contributed by atoms with van der Waals surface area (Å²) >= 11 is 0. The highest BCUT2D eigenvalue weighted by atomic mass is 32.2. The van der Waals surface area contributed by atoms with Crippen molar-refractivity contribution in [3.8, 4) is 0 Å². The molecule has 16 heavy (non-hydrogen) atoms. The maximum absolute atomic E-state index is 11.6. The van der Waals surface area contributed by atoms with Crippen molar-refractivity contribution in [3.63, 3.8) is 0 Å². The third-order valence-electron chi connectivity index (χ3n) is 3.05. The average Bonchev–Trinajstić information content (AvgIpc) is 2.56. The second-order valence-electron chi connectivity index (χ2n) is 4.24. The molecule has 2 aliphatic carbocycles. The van der Waals surface area contributed by atoms with Gasteiger partial charge in [-0.05, 0) is 30.9 Å². The summed E-state index contributed by atoms with van der Waals surface area (Å²) in [5, 5.41) is 0. The first-order valence-corrected chi connectivity index (χ1v) is 7.13. The van der Waals surface area contributed by atoms with E-state index in [2.05, 4.69) is 0 Å². The molecule has 0 N–H and O–H groups in total. The summed E-state index contributed by atoms with van der Waals surface area (Å²) in [4.78, 5) is 11.9. The molecule has 0 aromatic rings. The summed E-state index contributed by atoms with van der Waals surface area (Å²) in [5.74, 6) is -0.0125. The summed E-state index contributed by atoms with van der Waals surface area (Å²) in [7, 11) is -3.20. The molecule has 0 spiro atoms. The van der Waals surface area contributed by atoms with Crippen LogP contribution in [0.3, 0.4) is 0 Å². The molecule has 0 fully saturated rings. The summed E-state index contributed by atoms with van der Waals surface area (Å²) in [6.45, 7) is 1.50. The molecular formula is C12H14O3S. The molecule has 0 radical (unpaired) electrons. The molecule has 0 aliphatic heterocycles. The van der Waals surface area contributed by atoms with Gasteiger partial charge < -0.3 is 0 Å². The number of hydrogen-bond donors (Lipinski definition) is 0. The Kier molecular flexibility index (Phi) is 2.62. The minimum absolute atomic E-state index is 0.0125. The van der Waals surface area contributed by atoms with E-state index in [1.807, 2.05) is 12.2 Å². The Bertz CT molecular complexity index is 545. The van der Waals surface area contributed by atoms with Crippen LogP contribution in [0.4, 0.5) is 0 Å². The number of allylic oxidation sites excluding steroid dienone is 6. The monoisotopic (exact) mass is 238 g/mol. The molecule has 2 rings (SSSR count). The predicted octanol–water partition coefficient (Wildman–Crippen LogP) is 1.92. The molecule has 86 valence electrons. The molecule has 0 amide bonds. The first-order valence-electron chi connectivity index (χ1n) is 5.24. The lowest BCUT2D eigenvalue weighted by Crippen LogP contribution is -2.03. The van der Waals surface area contributed by atoms with Gasteiger partial charge in [0.15, 0.2) is 15.6 Å². The van der Waals surface area contributed by atoms with Gasteiger partial charge in [-0.1, -0.05) is 12.2 Å². The highest BCUT2D eigenvalue weighted by Crippen LogP contribution is 2.40. The first kappa shape index (κ1) is 11.3. The zero-order valence-electron chi connectivity index (χ0n) is 9.41. The quantitative estimate of drug-likeness (QED) is 0.738. The molecule has 2 aliphatic rings. The van der Waals surface area contributed by atoms with Crippen molar-refractivity contribution in [3.05, 3.63) is 33.8 Å². The smallest absolute Gasteiger partial charge is 0.172 e. The lowest BCUT2D eigenvalue weighted by Gasteiger charge is -2.11. The fraction of sp³-hybridized carbons (Fsp3) is 0.417. The lowest BCUT2D eigenvalue weighted by molar-refractivity contribution is -0.113. The Labute approximate surface area is 95.5 Å². The Balaban J connectivity index is 2.59. The SMILES string of the molecule is CC(=O)C1=C2CCC=CC2=C(S(C)(=O)=O)C1. The van der Waals surface area contributed by atoms with Gasteiger partial charge in [0.2, 0.25) is 0 Å². The molecule has 0 atom stereocenters. The second-order valence-corrected chi connectivity index (χ2v) is 6.28. The van der Waals surface area contributed by atoms with Crippen LogP contribution in [-0.2, 0) is 14.6 Å². The van der Waals surface area contributed by atoms with Crippen LogP contribution in [0, 0.1) is 0 Å². The molecule has 0 bridgehead atoms. The number of fused-ring (bicyclic) bond motifs is 1. The largest absolute Gasteiger partial charge is 0.295 e. The second kappa shape index (κ2) is 3.70. The van der Waals surface area contributed by atoms with Gasteiger partial charge in [0.05, 0.1) is 4.91 Å². The van der Waals surface area contributed by atoms with Gasteiger partial charge in [0, 0.05) is 18.2 Å². The number of sulfone groups is 1. The van der Waals surface area contributed by atoms with Crippen LogP contribution in [0.2, 0.25) is 0 Å². The van der Waals surface area contributed by atoms with Gasteiger partial charge >= 0.3 is 0 Å². The van der Waals surface area contributed by atoms with E-state index in [0.29, 0.717) is 10.5 Å². The van der Waals surface area contributed by atoms with Gasteiger partial charge in [0.25, 0.3) is 0 Å². The van der Waals surface area contributed by atoms with Gasteiger partial charge in [-0.2, -0.15) is 0 Å². The van der Waals surface area contributed by atoms with E-state index in [1.54, 1.807) is 0 Å². The van der Waals surface area contributed by atoms with Crippen LogP contribution in [0.25, 0.3) is 0 Å². The van der Waals surface area contributed by atoms with Gasteiger partial charge in [-0.15, -0.1) is 0 Å². The maximum atomic E-state index is 11.6. The average molecular weight is 238 g/mol. The van der Waals surface area contributed by atoms with E-state index in [4.69, 9.17) is 0 Å². The zero-order valence-corrected chi connectivity index (χ0v) is 10.2. The normalized spacial score (nSPS) is 20.4. The van der Waals surface area contributed by atoms with Crippen LogP contribution < -0.4 is 0 Å². The van der Waals surface area contributed by atoms with Crippen molar-refractivity contribution in [2.24, 2.45) is 0 Å². The van der Waals surface area contributed by atoms with Gasteiger partial charge in [0.1, 0.15) is 0 Å². The molecule has 3 nitrogen and oxygen atoms in total. The zero-order chi connectivity index (χ0) is 11.9. The Morgan fingerprint density at radius 1 is 1.38 bits per heavy atom. The molecule has 0 unspecified atom stereocenters. The van der Waals surface area contributed by atoms with Crippen molar-refractivity contribution in [2.75, 3.05) is 6.26 Å². The maximum Gasteiger partial charge on any atom is 0.172 e. The van der Waals surface area contributed by atoms with Gasteiger partial charge in [-0.25, -0.2) is 8.42 Å². The van der Waals surface area contributed by atoms with E-state index in [9.17, 15) is 13.2 Å². The van der Waals surface area contributed by atoms with Crippen LogP contribution in [0.5, 0.6) is 0 Å². The van der Waals surface area contributed by atoms with Crippen LogP contribution >= 0.6 is 0 Å². The molecule has 0 saturated heterocycles. The standard InChI is InChI=1S/C12H14O3S/c1-8(13)11-7-12(16(2,14)15)10-6-4-3-5-9(10)11/h4,6H,3,5,7H2,1-2H3. The molecular weight excluding hydrogens is 224 g/mol. The van der Waals surface area contributed by atoms with Crippen molar-refractivity contribution in [1.29, 1.82) is 0 Å². The highest BCUT2D eigenvalue weighted by molar-refractivity contribution is 7.94. The first-order chi connectivity index (χ1) is 7.41. The number of ketones is 1. The molecule has 0 aromatic carbocycles. The fourth-order valence-electron chi connectivity index (χ4n) is 2.27. The van der Waals surface area contributed by atoms with E-state index in [0.717, 1.165) is 24.0 Å². The predicted molar refractivity (Wildman–Crippen MR) is 62.6 cm³/mol. The molecule has 0 saturated carbocycles. The van der Waals surface area contributed by atoms with Crippen molar-refractivity contribution in [2.45, 2.75) is 26.2 Å². The summed E-state index contributed by atoms with van der Waals surface area (Å²) in [6, 6.07) is 0. The van der Waals surface area contributed by atoms with Crippen LogP contribution in [0.1, 0.15) is 26.2 Å². The summed E-state index contributed by atoms with van der Waals surface area (Å²) in [5.41, 5.74) is 2.38. The third-order valence-corrected chi connectivity index (χ3v) is 4.30. The molecule has 0 aromatic heterocycles. The van der Waals surface area contributed by atoms with E-state index >= 15 is 0 Å². The van der Waals surface area contributed by atoms with E-state index in [-0.39, 0.29) is 12.2 Å². The topological polar surface area (TPSA) is 51.2 Å². The number of hydrogen-bond acceptors (Lipinski definition) is 3. The van der Waals surface area contributed by atoms with E-state index < -0.39 is 9.84 Å². The number of Topliss-reactive ketones (excluding diaryl/α,β-unsaturated/α-hetero) is 1. The Hall–Kier alpha value is -1.16.